The first-order valence-electron chi connectivity index (χ1n) is 8.73. The van der Waals surface area contributed by atoms with Crippen LogP contribution in [0.4, 0.5) is 0 Å². The number of para-hydroxylation sites is 1. The number of benzene rings is 1. The van der Waals surface area contributed by atoms with Gasteiger partial charge in [0.05, 0.1) is 18.3 Å². The van der Waals surface area contributed by atoms with Gasteiger partial charge in [0.25, 0.3) is 0 Å². The Bertz CT molecular complexity index is 680. The van der Waals surface area contributed by atoms with Gasteiger partial charge in [-0.25, -0.2) is 0 Å². The molecule has 2 aromatic rings. The molecule has 6 nitrogen and oxygen atoms in total. The van der Waals surface area contributed by atoms with Crippen LogP contribution in [0.25, 0.3) is 0 Å². The Morgan fingerprint density at radius 3 is 2.80 bits per heavy atom. The van der Waals surface area contributed by atoms with Crippen molar-refractivity contribution < 1.29 is 14.3 Å². The lowest BCUT2D eigenvalue weighted by molar-refractivity contribution is -0.137. The second-order valence-electron chi connectivity index (χ2n) is 6.31. The summed E-state index contributed by atoms with van der Waals surface area (Å²) in [5.74, 6) is 0.838. The number of ether oxygens (including phenoxy) is 2. The number of H-pyrrole nitrogens is 1. The summed E-state index contributed by atoms with van der Waals surface area (Å²) in [7, 11) is 0. The van der Waals surface area contributed by atoms with Crippen molar-refractivity contribution in [1.82, 2.24) is 15.1 Å². The average molecular weight is 343 g/mol. The zero-order valence-electron chi connectivity index (χ0n) is 14.8. The lowest BCUT2D eigenvalue weighted by Gasteiger charge is -2.25. The van der Waals surface area contributed by atoms with Gasteiger partial charge < -0.3 is 14.4 Å². The molecule has 1 aromatic heterocycles. The van der Waals surface area contributed by atoms with Crippen molar-refractivity contribution in [2.45, 2.75) is 32.7 Å². The molecule has 134 valence electrons. The van der Waals surface area contributed by atoms with E-state index in [1.54, 1.807) is 0 Å². The monoisotopic (exact) mass is 343 g/mol. The summed E-state index contributed by atoms with van der Waals surface area (Å²) >= 11 is 0. The first-order valence-corrected chi connectivity index (χ1v) is 8.73. The number of rotatable bonds is 7. The number of hydrogen-bond acceptors (Lipinski definition) is 4. The number of nitrogens with zero attached hydrogens (tertiary/aromatic N) is 2. The van der Waals surface area contributed by atoms with Gasteiger partial charge in [-0.05, 0) is 38.8 Å². The quantitative estimate of drug-likeness (QED) is 0.785. The predicted molar refractivity (Wildman–Crippen MR) is 94.5 cm³/mol. The van der Waals surface area contributed by atoms with Crippen molar-refractivity contribution in [2.75, 3.05) is 26.4 Å². The number of nitrogens with one attached hydrogen (secondary N) is 1. The molecular weight excluding hydrogens is 318 g/mol. The van der Waals surface area contributed by atoms with Gasteiger partial charge >= 0.3 is 0 Å². The normalized spacial score (nSPS) is 17.0. The summed E-state index contributed by atoms with van der Waals surface area (Å²) in [6, 6.07) is 9.69. The molecule has 0 spiro atoms. The van der Waals surface area contributed by atoms with E-state index in [0.717, 1.165) is 42.1 Å². The van der Waals surface area contributed by atoms with E-state index < -0.39 is 0 Å². The van der Waals surface area contributed by atoms with Crippen LogP contribution in [0.5, 0.6) is 5.75 Å². The van der Waals surface area contributed by atoms with Gasteiger partial charge in [0.1, 0.15) is 19.0 Å². The molecule has 25 heavy (non-hydrogen) atoms. The molecule has 1 amide bonds. The Morgan fingerprint density at radius 1 is 1.28 bits per heavy atom. The van der Waals surface area contributed by atoms with Crippen LogP contribution in [0, 0.1) is 13.8 Å². The van der Waals surface area contributed by atoms with E-state index in [-0.39, 0.29) is 18.6 Å². The van der Waals surface area contributed by atoms with Crippen molar-refractivity contribution in [3.05, 3.63) is 47.3 Å². The lowest BCUT2D eigenvalue weighted by atomic mass is 10.0. The second-order valence-corrected chi connectivity index (χ2v) is 6.31. The third-order valence-corrected chi connectivity index (χ3v) is 4.56. The molecule has 3 rings (SSSR count). The molecule has 1 aromatic carbocycles. The second kappa shape index (κ2) is 8.16. The molecular formula is C19H25N3O3. The summed E-state index contributed by atoms with van der Waals surface area (Å²) in [6.07, 6.45) is 1.99. The first kappa shape index (κ1) is 17.5. The van der Waals surface area contributed by atoms with E-state index in [1.165, 1.54) is 0 Å². The van der Waals surface area contributed by atoms with Crippen LogP contribution in [-0.2, 0) is 9.53 Å². The molecule has 1 saturated heterocycles. The topological polar surface area (TPSA) is 67.5 Å². The van der Waals surface area contributed by atoms with Crippen LogP contribution in [0.1, 0.15) is 35.8 Å². The molecule has 1 fully saturated rings. The number of likely N-dealkylation sites (tertiary alicyclic amines) is 1. The summed E-state index contributed by atoms with van der Waals surface area (Å²) in [5.41, 5.74) is 3.16. The summed E-state index contributed by atoms with van der Waals surface area (Å²) in [4.78, 5) is 14.5. The minimum absolute atomic E-state index is 0.0298. The van der Waals surface area contributed by atoms with Gasteiger partial charge in [0, 0.05) is 17.8 Å². The van der Waals surface area contributed by atoms with Crippen molar-refractivity contribution in [1.29, 1.82) is 0 Å². The molecule has 0 bridgehead atoms. The van der Waals surface area contributed by atoms with Crippen molar-refractivity contribution >= 4 is 5.91 Å². The Kier molecular flexibility index (Phi) is 5.71. The van der Waals surface area contributed by atoms with Crippen molar-refractivity contribution in [3.8, 4) is 5.75 Å². The van der Waals surface area contributed by atoms with E-state index in [9.17, 15) is 4.79 Å². The van der Waals surface area contributed by atoms with Crippen LogP contribution >= 0.6 is 0 Å². The molecule has 0 aliphatic carbocycles. The first-order chi connectivity index (χ1) is 12.2. The van der Waals surface area contributed by atoms with Gasteiger partial charge in [0.2, 0.25) is 5.91 Å². The number of aromatic amines is 1. The number of hydrogen-bond donors (Lipinski definition) is 1. The molecule has 1 N–H and O–H groups in total. The van der Waals surface area contributed by atoms with Crippen LogP contribution in [0.3, 0.4) is 0 Å². The molecule has 1 aliphatic heterocycles. The van der Waals surface area contributed by atoms with Crippen molar-refractivity contribution in [2.24, 2.45) is 0 Å². The van der Waals surface area contributed by atoms with E-state index in [0.29, 0.717) is 13.2 Å². The fourth-order valence-electron chi connectivity index (χ4n) is 3.39. The number of aromatic nitrogens is 2. The lowest BCUT2D eigenvalue weighted by Crippen LogP contribution is -2.34. The molecule has 1 atom stereocenters. The smallest absolute Gasteiger partial charge is 0.249 e. The molecule has 1 unspecified atom stereocenters. The molecule has 6 heteroatoms. The number of amides is 1. The molecule has 0 radical (unpaired) electrons. The maximum atomic E-state index is 12.5. The number of aryl methyl sites for hydroxylation is 2. The van der Waals surface area contributed by atoms with Crippen LogP contribution < -0.4 is 4.74 Å². The fourth-order valence-corrected chi connectivity index (χ4v) is 3.39. The highest BCUT2D eigenvalue weighted by atomic mass is 16.5. The van der Waals surface area contributed by atoms with E-state index in [1.807, 2.05) is 49.1 Å². The van der Waals surface area contributed by atoms with Gasteiger partial charge in [-0.3, -0.25) is 9.89 Å². The highest BCUT2D eigenvalue weighted by Gasteiger charge is 2.32. The SMILES string of the molecule is Cc1n[nH]c(C)c1C1CCCN1C(=O)COCCOc1ccccc1. The maximum Gasteiger partial charge on any atom is 0.249 e. The molecule has 0 saturated carbocycles. The minimum atomic E-state index is 0.0298. The van der Waals surface area contributed by atoms with E-state index in [2.05, 4.69) is 10.2 Å². The van der Waals surface area contributed by atoms with Crippen molar-refractivity contribution in [3.63, 3.8) is 0 Å². The summed E-state index contributed by atoms with van der Waals surface area (Å²) in [5, 5.41) is 7.27. The van der Waals surface area contributed by atoms with Crippen LogP contribution in [-0.4, -0.2) is 47.4 Å². The van der Waals surface area contributed by atoms with Gasteiger partial charge in [-0.15, -0.1) is 0 Å². The van der Waals surface area contributed by atoms with Gasteiger partial charge in [-0.2, -0.15) is 5.10 Å². The third-order valence-electron chi connectivity index (χ3n) is 4.56. The largest absolute Gasteiger partial charge is 0.491 e. The van der Waals surface area contributed by atoms with E-state index in [4.69, 9.17) is 9.47 Å². The zero-order chi connectivity index (χ0) is 17.6. The summed E-state index contributed by atoms with van der Waals surface area (Å²) < 4.78 is 11.1. The molecule has 1 aliphatic rings. The van der Waals surface area contributed by atoms with Crippen LogP contribution in [0.2, 0.25) is 0 Å². The maximum absolute atomic E-state index is 12.5. The molecule has 2 heterocycles. The van der Waals surface area contributed by atoms with Gasteiger partial charge in [-0.1, -0.05) is 18.2 Å². The number of carbonyl (C=O) groups excluding carboxylic acids is 1. The average Bonchev–Trinajstić information content (AvgIpc) is 3.21. The summed E-state index contributed by atoms with van der Waals surface area (Å²) in [6.45, 7) is 5.68. The van der Waals surface area contributed by atoms with Gasteiger partial charge in [0.15, 0.2) is 0 Å². The third kappa shape index (κ3) is 4.20. The standard InChI is InChI=1S/C19H25N3O3/c1-14-19(15(2)21-20-14)17-9-6-10-22(17)18(23)13-24-11-12-25-16-7-4-3-5-8-16/h3-5,7-8,17H,6,9-13H2,1-2H3,(H,20,21). The Labute approximate surface area is 148 Å². The highest BCUT2D eigenvalue weighted by molar-refractivity contribution is 5.78. The predicted octanol–water partition coefficient (Wildman–Crippen LogP) is 2.79. The zero-order valence-corrected chi connectivity index (χ0v) is 14.8. The Morgan fingerprint density at radius 2 is 2.08 bits per heavy atom. The Hall–Kier alpha value is -2.34. The fraction of sp³-hybridized carbons (Fsp3) is 0.474. The Balaban J connectivity index is 1.46. The van der Waals surface area contributed by atoms with Crippen LogP contribution in [0.15, 0.2) is 30.3 Å². The highest BCUT2D eigenvalue weighted by Crippen LogP contribution is 2.34. The number of carbonyl (C=O) groups is 1. The van der Waals surface area contributed by atoms with E-state index >= 15 is 0 Å². The minimum Gasteiger partial charge on any atom is -0.491 e.